The quantitative estimate of drug-likeness (QED) is 0.783. The van der Waals surface area contributed by atoms with E-state index in [1.807, 2.05) is 0 Å². The molecule has 2 aliphatic rings. The summed E-state index contributed by atoms with van der Waals surface area (Å²) < 4.78 is 5.64. The Morgan fingerprint density at radius 1 is 1.11 bits per heavy atom. The SMILES string of the molecule is CC(C)N1CCN(C(C)CNCC2CCCO2)CC1. The van der Waals surface area contributed by atoms with E-state index in [-0.39, 0.29) is 0 Å². The van der Waals surface area contributed by atoms with Crippen LogP contribution in [0.3, 0.4) is 0 Å². The average Bonchev–Trinajstić information content (AvgIpc) is 2.92. The number of ether oxygens (including phenoxy) is 1. The van der Waals surface area contributed by atoms with Crippen molar-refractivity contribution in [3.8, 4) is 0 Å². The van der Waals surface area contributed by atoms with Gasteiger partial charge in [-0.2, -0.15) is 0 Å². The molecule has 0 aromatic rings. The molecular formula is C15H31N3O. The highest BCUT2D eigenvalue weighted by atomic mass is 16.5. The molecule has 0 spiro atoms. The first-order valence-electron chi connectivity index (χ1n) is 7.97. The maximum absolute atomic E-state index is 5.64. The molecule has 4 nitrogen and oxygen atoms in total. The van der Waals surface area contributed by atoms with Crippen LogP contribution in [0.4, 0.5) is 0 Å². The monoisotopic (exact) mass is 269 g/mol. The van der Waals surface area contributed by atoms with Crippen LogP contribution < -0.4 is 5.32 Å². The second-order valence-corrected chi connectivity index (χ2v) is 6.31. The summed E-state index contributed by atoms with van der Waals surface area (Å²) in [5, 5.41) is 3.58. The van der Waals surface area contributed by atoms with Gasteiger partial charge in [-0.05, 0) is 33.6 Å². The predicted molar refractivity (Wildman–Crippen MR) is 79.6 cm³/mol. The van der Waals surface area contributed by atoms with Crippen molar-refractivity contribution < 1.29 is 4.74 Å². The highest BCUT2D eigenvalue weighted by Gasteiger charge is 2.22. The third-order valence-electron chi connectivity index (χ3n) is 4.54. The van der Waals surface area contributed by atoms with Gasteiger partial charge in [0.15, 0.2) is 0 Å². The molecule has 1 N–H and O–H groups in total. The number of hydrogen-bond acceptors (Lipinski definition) is 4. The molecule has 2 unspecified atom stereocenters. The normalized spacial score (nSPS) is 28.1. The summed E-state index contributed by atoms with van der Waals surface area (Å²) >= 11 is 0. The van der Waals surface area contributed by atoms with E-state index in [9.17, 15) is 0 Å². The van der Waals surface area contributed by atoms with Gasteiger partial charge in [-0.15, -0.1) is 0 Å². The van der Waals surface area contributed by atoms with Gasteiger partial charge in [0.2, 0.25) is 0 Å². The Kier molecular flexibility index (Phi) is 6.07. The van der Waals surface area contributed by atoms with Crippen molar-refractivity contribution in [1.82, 2.24) is 15.1 Å². The fraction of sp³-hybridized carbons (Fsp3) is 1.00. The van der Waals surface area contributed by atoms with Crippen LogP contribution in [-0.2, 0) is 4.74 Å². The van der Waals surface area contributed by atoms with Gasteiger partial charge in [0.25, 0.3) is 0 Å². The summed E-state index contributed by atoms with van der Waals surface area (Å²) in [6.07, 6.45) is 2.93. The highest BCUT2D eigenvalue weighted by Crippen LogP contribution is 2.11. The number of hydrogen-bond donors (Lipinski definition) is 1. The summed E-state index contributed by atoms with van der Waals surface area (Å²) in [6, 6.07) is 1.32. The zero-order chi connectivity index (χ0) is 13.7. The van der Waals surface area contributed by atoms with E-state index < -0.39 is 0 Å². The van der Waals surface area contributed by atoms with E-state index in [1.54, 1.807) is 0 Å². The lowest BCUT2D eigenvalue weighted by Gasteiger charge is -2.39. The van der Waals surface area contributed by atoms with Crippen LogP contribution in [0.25, 0.3) is 0 Å². The van der Waals surface area contributed by atoms with Crippen molar-refractivity contribution in [1.29, 1.82) is 0 Å². The van der Waals surface area contributed by atoms with Gasteiger partial charge in [-0.25, -0.2) is 0 Å². The summed E-state index contributed by atoms with van der Waals surface area (Å²) in [5.74, 6) is 0. The molecule has 2 rings (SSSR count). The third-order valence-corrected chi connectivity index (χ3v) is 4.54. The van der Waals surface area contributed by atoms with Gasteiger partial charge in [0.1, 0.15) is 0 Å². The number of piperazine rings is 1. The molecule has 0 aromatic carbocycles. The second-order valence-electron chi connectivity index (χ2n) is 6.31. The first kappa shape index (κ1) is 15.2. The van der Waals surface area contributed by atoms with Crippen LogP contribution in [0.2, 0.25) is 0 Å². The standard InChI is InChI=1S/C15H31N3O/c1-13(2)17-6-8-18(9-7-17)14(3)11-16-12-15-5-4-10-19-15/h13-16H,4-12H2,1-3H3. The molecule has 0 amide bonds. The minimum atomic E-state index is 0.463. The van der Waals surface area contributed by atoms with Crippen molar-refractivity contribution in [3.05, 3.63) is 0 Å². The Balaban J connectivity index is 1.59. The lowest BCUT2D eigenvalue weighted by Crippen LogP contribution is -2.53. The molecule has 0 radical (unpaired) electrons. The van der Waals surface area contributed by atoms with Crippen LogP contribution in [-0.4, -0.2) is 73.9 Å². The zero-order valence-electron chi connectivity index (χ0n) is 12.9. The maximum Gasteiger partial charge on any atom is 0.0700 e. The van der Waals surface area contributed by atoms with Crippen LogP contribution in [0.15, 0.2) is 0 Å². The summed E-state index contributed by atoms with van der Waals surface area (Å²) in [7, 11) is 0. The fourth-order valence-electron chi connectivity index (χ4n) is 3.08. The Bertz CT molecular complexity index is 246. The summed E-state index contributed by atoms with van der Waals surface area (Å²) in [4.78, 5) is 5.18. The van der Waals surface area contributed by atoms with E-state index in [0.717, 1.165) is 19.7 Å². The molecule has 0 saturated carbocycles. The highest BCUT2D eigenvalue weighted by molar-refractivity contribution is 4.79. The lowest BCUT2D eigenvalue weighted by atomic mass is 10.2. The Hall–Kier alpha value is -0.160. The molecular weight excluding hydrogens is 238 g/mol. The fourth-order valence-corrected chi connectivity index (χ4v) is 3.08. The van der Waals surface area contributed by atoms with Gasteiger partial charge < -0.3 is 10.1 Å². The van der Waals surface area contributed by atoms with E-state index in [1.165, 1.54) is 39.0 Å². The van der Waals surface area contributed by atoms with Crippen molar-refractivity contribution in [2.45, 2.75) is 51.8 Å². The van der Waals surface area contributed by atoms with Crippen molar-refractivity contribution in [3.63, 3.8) is 0 Å². The van der Waals surface area contributed by atoms with Gasteiger partial charge in [-0.3, -0.25) is 9.80 Å². The van der Waals surface area contributed by atoms with Gasteiger partial charge in [0.05, 0.1) is 6.10 Å². The average molecular weight is 269 g/mol. The number of nitrogens with zero attached hydrogens (tertiary/aromatic N) is 2. The number of nitrogens with one attached hydrogen (secondary N) is 1. The van der Waals surface area contributed by atoms with E-state index in [0.29, 0.717) is 18.2 Å². The van der Waals surface area contributed by atoms with Crippen LogP contribution in [0.5, 0.6) is 0 Å². The van der Waals surface area contributed by atoms with Crippen molar-refractivity contribution in [2.24, 2.45) is 0 Å². The Morgan fingerprint density at radius 2 is 1.79 bits per heavy atom. The van der Waals surface area contributed by atoms with Crippen molar-refractivity contribution in [2.75, 3.05) is 45.9 Å². The Labute approximate surface area is 118 Å². The molecule has 0 aliphatic carbocycles. The molecule has 2 atom stereocenters. The topological polar surface area (TPSA) is 27.7 Å². The van der Waals surface area contributed by atoms with E-state index >= 15 is 0 Å². The maximum atomic E-state index is 5.64. The lowest BCUT2D eigenvalue weighted by molar-refractivity contribution is 0.0784. The smallest absolute Gasteiger partial charge is 0.0700 e. The Morgan fingerprint density at radius 3 is 2.37 bits per heavy atom. The molecule has 2 aliphatic heterocycles. The van der Waals surface area contributed by atoms with Gasteiger partial charge in [-0.1, -0.05) is 0 Å². The summed E-state index contributed by atoms with van der Waals surface area (Å²) in [6.45, 7) is 14.8. The second kappa shape index (κ2) is 7.58. The third kappa shape index (κ3) is 4.71. The van der Waals surface area contributed by atoms with Crippen molar-refractivity contribution >= 4 is 0 Å². The van der Waals surface area contributed by atoms with Crippen LogP contribution in [0, 0.1) is 0 Å². The van der Waals surface area contributed by atoms with Crippen LogP contribution >= 0.6 is 0 Å². The minimum absolute atomic E-state index is 0.463. The minimum Gasteiger partial charge on any atom is -0.377 e. The first-order chi connectivity index (χ1) is 9.16. The molecule has 2 fully saturated rings. The predicted octanol–water partition coefficient (Wildman–Crippen LogP) is 1.17. The molecule has 4 heteroatoms. The van der Waals surface area contributed by atoms with E-state index in [2.05, 4.69) is 35.9 Å². The molecule has 19 heavy (non-hydrogen) atoms. The molecule has 0 aromatic heterocycles. The molecule has 2 saturated heterocycles. The van der Waals surface area contributed by atoms with Crippen LogP contribution in [0.1, 0.15) is 33.6 Å². The first-order valence-corrected chi connectivity index (χ1v) is 7.97. The largest absolute Gasteiger partial charge is 0.377 e. The van der Waals surface area contributed by atoms with E-state index in [4.69, 9.17) is 4.74 Å². The van der Waals surface area contributed by atoms with Gasteiger partial charge in [0, 0.05) is 58.0 Å². The molecule has 112 valence electrons. The molecule has 0 bridgehead atoms. The zero-order valence-corrected chi connectivity index (χ0v) is 12.9. The molecule has 2 heterocycles. The summed E-state index contributed by atoms with van der Waals surface area (Å²) in [5.41, 5.74) is 0. The van der Waals surface area contributed by atoms with Gasteiger partial charge >= 0.3 is 0 Å². The number of rotatable bonds is 6.